The molecule has 0 fully saturated rings. The van der Waals surface area contributed by atoms with Gasteiger partial charge >= 0.3 is 0 Å². The lowest BCUT2D eigenvalue weighted by Crippen LogP contribution is -2.50. The number of benzene rings is 4. The van der Waals surface area contributed by atoms with Crippen LogP contribution in [0, 0.1) is 0 Å². The fraction of sp³-hybridized carbons (Fsp3) is 0.212. The molecular weight excluding hydrogens is 543 g/mol. The Labute approximate surface area is 243 Å². The van der Waals surface area contributed by atoms with E-state index in [0.29, 0.717) is 46.1 Å². The molecule has 0 aromatic heterocycles. The Kier molecular flexibility index (Phi) is 7.37. The van der Waals surface area contributed by atoms with Crippen molar-refractivity contribution in [3.63, 3.8) is 0 Å². The van der Waals surface area contributed by atoms with E-state index in [1.165, 1.54) is 0 Å². The van der Waals surface area contributed by atoms with E-state index in [1.807, 2.05) is 66.7 Å². The number of amides is 2. The molecule has 0 radical (unpaired) electrons. The largest absolute Gasteiger partial charge is 0.390 e. The monoisotopic (exact) mass is 570 g/mol. The molecule has 40 heavy (non-hydrogen) atoms. The zero-order valence-electron chi connectivity index (χ0n) is 21.6. The summed E-state index contributed by atoms with van der Waals surface area (Å²) in [6.45, 7) is 0.436. The predicted molar refractivity (Wildman–Crippen MR) is 157 cm³/mol. The fourth-order valence-electron chi connectivity index (χ4n) is 6.19. The molecule has 2 unspecified atom stereocenters. The van der Waals surface area contributed by atoms with Crippen LogP contribution < -0.4 is 5.32 Å². The van der Waals surface area contributed by atoms with E-state index in [0.717, 1.165) is 16.7 Å². The van der Waals surface area contributed by atoms with Gasteiger partial charge in [-0.1, -0.05) is 102 Å². The number of carbonyl (C=O) groups is 2. The molecule has 2 N–H and O–H groups in total. The number of rotatable bonds is 6. The van der Waals surface area contributed by atoms with Crippen molar-refractivity contribution >= 4 is 35.0 Å². The maximum absolute atomic E-state index is 14.3. The number of nitrogens with one attached hydrogen (secondary N) is 1. The molecule has 1 heterocycles. The minimum atomic E-state index is -0.832. The van der Waals surface area contributed by atoms with Crippen LogP contribution in [0.3, 0.4) is 0 Å². The van der Waals surface area contributed by atoms with Crippen molar-refractivity contribution in [2.75, 3.05) is 6.54 Å². The lowest BCUT2D eigenvalue weighted by molar-refractivity contribution is -0.124. The van der Waals surface area contributed by atoms with Crippen LogP contribution in [-0.2, 0) is 17.6 Å². The number of hydrogen-bond acceptors (Lipinski definition) is 3. The van der Waals surface area contributed by atoms with Crippen LogP contribution in [-0.4, -0.2) is 34.5 Å². The summed E-state index contributed by atoms with van der Waals surface area (Å²) in [6.07, 6.45) is 0.258. The van der Waals surface area contributed by atoms with E-state index < -0.39 is 24.1 Å². The summed E-state index contributed by atoms with van der Waals surface area (Å²) < 4.78 is 0. The predicted octanol–water partition coefficient (Wildman–Crippen LogP) is 6.29. The second-order valence-electron chi connectivity index (χ2n) is 10.3. The molecule has 4 aromatic carbocycles. The number of carbonyl (C=O) groups excluding carboxylic acids is 2. The number of nitrogens with zero attached hydrogens (tertiary/aromatic N) is 1. The van der Waals surface area contributed by atoms with Gasteiger partial charge in [-0.2, -0.15) is 0 Å². The lowest BCUT2D eigenvalue weighted by Gasteiger charge is -2.46. The summed E-state index contributed by atoms with van der Waals surface area (Å²) in [7, 11) is 0. The highest BCUT2D eigenvalue weighted by Gasteiger charge is 2.50. The maximum Gasteiger partial charge on any atom is 0.255 e. The van der Waals surface area contributed by atoms with Gasteiger partial charge in [-0.25, -0.2) is 0 Å². The molecule has 7 heteroatoms. The normalized spacial score (nSPS) is 21.6. The molecule has 5 nitrogen and oxygen atoms in total. The molecule has 0 bridgehead atoms. The number of fused-ring (bicyclic) bond motifs is 2. The van der Waals surface area contributed by atoms with Gasteiger partial charge in [-0.3, -0.25) is 9.59 Å². The summed E-state index contributed by atoms with van der Waals surface area (Å²) in [6, 6.07) is 28.6. The second kappa shape index (κ2) is 11.1. The Morgan fingerprint density at radius 3 is 2.33 bits per heavy atom. The van der Waals surface area contributed by atoms with Crippen LogP contribution in [0.1, 0.15) is 56.2 Å². The van der Waals surface area contributed by atoms with Crippen molar-refractivity contribution in [3.8, 4) is 0 Å². The molecule has 2 aliphatic rings. The first-order chi connectivity index (χ1) is 19.4. The highest BCUT2D eigenvalue weighted by molar-refractivity contribution is 6.35. The number of aliphatic hydroxyl groups is 1. The van der Waals surface area contributed by atoms with E-state index in [1.54, 1.807) is 35.2 Å². The third-order valence-electron chi connectivity index (χ3n) is 7.96. The van der Waals surface area contributed by atoms with Gasteiger partial charge in [0.2, 0.25) is 5.91 Å². The van der Waals surface area contributed by atoms with Gasteiger partial charge in [0.1, 0.15) is 0 Å². The van der Waals surface area contributed by atoms with Crippen molar-refractivity contribution < 1.29 is 14.7 Å². The number of halogens is 2. The Morgan fingerprint density at radius 1 is 0.850 bits per heavy atom. The van der Waals surface area contributed by atoms with E-state index in [9.17, 15) is 14.7 Å². The third-order valence-corrected chi connectivity index (χ3v) is 8.52. The Hall–Kier alpha value is -3.64. The summed E-state index contributed by atoms with van der Waals surface area (Å²) in [5, 5.41) is 15.3. The van der Waals surface area contributed by atoms with Gasteiger partial charge in [0.15, 0.2) is 0 Å². The molecule has 202 valence electrons. The smallest absolute Gasteiger partial charge is 0.255 e. The van der Waals surface area contributed by atoms with Crippen molar-refractivity contribution in [2.45, 2.75) is 36.9 Å². The first-order valence-corrected chi connectivity index (χ1v) is 14.1. The molecule has 0 spiro atoms. The number of aliphatic hydroxyl groups excluding tert-OH is 1. The zero-order valence-corrected chi connectivity index (χ0v) is 23.1. The summed E-state index contributed by atoms with van der Waals surface area (Å²) in [5.74, 6) is -1.22. The molecule has 1 aliphatic carbocycles. The standard InChI is InChI=1S/C33H28Cl2N2O3/c34-22-14-15-26(27(35)19-22)31-29(32(39)36-17-16-20-8-2-1-3-9-20)24-12-6-7-13-25(24)33(40)37(31)30-23-11-5-4-10-21(23)18-28(30)38/h1-15,19,28-31,38H,16-18H2,(H,36,39)/t28-,29?,30+,31?/m0/s1. The maximum atomic E-state index is 14.3. The van der Waals surface area contributed by atoms with Crippen molar-refractivity contribution in [2.24, 2.45) is 0 Å². The van der Waals surface area contributed by atoms with Crippen LogP contribution in [0.25, 0.3) is 0 Å². The zero-order chi connectivity index (χ0) is 27.8. The van der Waals surface area contributed by atoms with Gasteiger partial charge in [-0.05, 0) is 52.4 Å². The van der Waals surface area contributed by atoms with Gasteiger partial charge in [-0.15, -0.1) is 0 Å². The highest BCUT2D eigenvalue weighted by atomic mass is 35.5. The molecule has 2 amide bonds. The van der Waals surface area contributed by atoms with Crippen LogP contribution >= 0.6 is 23.2 Å². The van der Waals surface area contributed by atoms with Crippen LogP contribution in [0.15, 0.2) is 97.1 Å². The van der Waals surface area contributed by atoms with Gasteiger partial charge in [0.25, 0.3) is 5.91 Å². The Morgan fingerprint density at radius 2 is 1.55 bits per heavy atom. The van der Waals surface area contributed by atoms with Crippen LogP contribution in [0.5, 0.6) is 0 Å². The van der Waals surface area contributed by atoms with E-state index in [4.69, 9.17) is 23.2 Å². The molecule has 0 saturated heterocycles. The van der Waals surface area contributed by atoms with E-state index in [-0.39, 0.29) is 11.8 Å². The van der Waals surface area contributed by atoms with Gasteiger partial charge < -0.3 is 15.3 Å². The summed E-state index contributed by atoms with van der Waals surface area (Å²) in [4.78, 5) is 30.1. The van der Waals surface area contributed by atoms with Gasteiger partial charge in [0.05, 0.1) is 24.1 Å². The first-order valence-electron chi connectivity index (χ1n) is 13.4. The molecule has 1 aliphatic heterocycles. The topological polar surface area (TPSA) is 69.6 Å². The van der Waals surface area contributed by atoms with Crippen molar-refractivity contribution in [1.29, 1.82) is 0 Å². The molecule has 4 aromatic rings. The molecule has 4 atom stereocenters. The second-order valence-corrected chi connectivity index (χ2v) is 11.2. The summed E-state index contributed by atoms with van der Waals surface area (Å²) in [5.41, 5.74) is 4.67. The molecule has 6 rings (SSSR count). The minimum absolute atomic E-state index is 0.210. The Bertz CT molecular complexity index is 1580. The Balaban J connectivity index is 1.47. The quantitative estimate of drug-likeness (QED) is 0.286. The SMILES string of the molecule is O=C(NCCc1ccccc1)C1c2ccccc2C(=O)N([C@@H]2c3ccccc3C[C@@H]2O)C1c1ccc(Cl)cc1Cl. The van der Waals surface area contributed by atoms with Crippen LogP contribution in [0.4, 0.5) is 0 Å². The average molecular weight is 572 g/mol. The van der Waals surface area contributed by atoms with E-state index >= 15 is 0 Å². The fourth-order valence-corrected chi connectivity index (χ4v) is 6.71. The van der Waals surface area contributed by atoms with Gasteiger partial charge in [0, 0.05) is 28.6 Å². The minimum Gasteiger partial charge on any atom is -0.390 e. The molecule has 0 saturated carbocycles. The van der Waals surface area contributed by atoms with Crippen molar-refractivity contribution in [3.05, 3.63) is 140 Å². The highest BCUT2D eigenvalue weighted by Crippen LogP contribution is 2.51. The third kappa shape index (κ3) is 4.79. The lowest BCUT2D eigenvalue weighted by atomic mass is 9.77. The first kappa shape index (κ1) is 26.6. The summed E-state index contributed by atoms with van der Waals surface area (Å²) >= 11 is 13.0. The molecular formula is C33H28Cl2N2O3. The number of hydrogen-bond donors (Lipinski definition) is 2. The van der Waals surface area contributed by atoms with Crippen molar-refractivity contribution in [1.82, 2.24) is 10.2 Å². The average Bonchev–Trinajstić information content (AvgIpc) is 3.29. The van der Waals surface area contributed by atoms with E-state index in [2.05, 4.69) is 5.32 Å². The van der Waals surface area contributed by atoms with Crippen LogP contribution in [0.2, 0.25) is 10.0 Å².